The van der Waals surface area contributed by atoms with Crippen LogP contribution in [0.15, 0.2) is 24.3 Å². The van der Waals surface area contributed by atoms with Crippen molar-refractivity contribution >= 4 is 28.5 Å². The Kier molecular flexibility index (Phi) is 4.42. The number of halogens is 1. The normalized spacial score (nSPS) is 15.0. The summed E-state index contributed by atoms with van der Waals surface area (Å²) in [6.45, 7) is 3.09. The summed E-state index contributed by atoms with van der Waals surface area (Å²) in [6, 6.07) is 7.40. The molecule has 2 aromatic heterocycles. The lowest BCUT2D eigenvalue weighted by molar-refractivity contribution is 0.0775. The second-order valence-corrected chi connectivity index (χ2v) is 7.28. The van der Waals surface area contributed by atoms with E-state index in [1.165, 1.54) is 0 Å². The van der Waals surface area contributed by atoms with Gasteiger partial charge < -0.3 is 14.8 Å². The highest BCUT2D eigenvalue weighted by molar-refractivity contribution is 6.31. The Morgan fingerprint density at radius 3 is 3.04 bits per heavy atom. The Bertz CT molecular complexity index is 962. The Hall–Kier alpha value is -2.38. The lowest BCUT2D eigenvalue weighted by atomic mass is 10.3. The van der Waals surface area contributed by atoms with E-state index < -0.39 is 0 Å². The summed E-state index contributed by atoms with van der Waals surface area (Å²) in [5.74, 6) is 0.616. The number of hydrogen-bond donors (Lipinski definition) is 1. The molecule has 3 heterocycles. The van der Waals surface area contributed by atoms with Crippen LogP contribution in [0.2, 0.25) is 5.02 Å². The molecule has 1 aliphatic rings. The highest BCUT2D eigenvalue weighted by Crippen LogP contribution is 2.18. The van der Waals surface area contributed by atoms with Gasteiger partial charge in [-0.1, -0.05) is 11.6 Å². The predicted octanol–water partition coefficient (Wildman–Crippen LogP) is 2.52. The van der Waals surface area contributed by atoms with Gasteiger partial charge in [-0.05, 0) is 37.7 Å². The molecule has 0 aliphatic carbocycles. The molecule has 1 aliphatic heterocycles. The molecule has 8 heteroatoms. The van der Waals surface area contributed by atoms with Crippen molar-refractivity contribution in [1.29, 1.82) is 0 Å². The summed E-state index contributed by atoms with van der Waals surface area (Å²) in [5, 5.41) is 5.17. The van der Waals surface area contributed by atoms with Gasteiger partial charge in [-0.2, -0.15) is 5.10 Å². The molecule has 0 atom stereocenters. The van der Waals surface area contributed by atoms with Gasteiger partial charge >= 0.3 is 0 Å². The van der Waals surface area contributed by atoms with Crippen molar-refractivity contribution in [2.75, 3.05) is 20.6 Å². The average molecular weight is 373 g/mol. The van der Waals surface area contributed by atoms with Crippen molar-refractivity contribution in [2.45, 2.75) is 26.1 Å². The average Bonchev–Trinajstić information content (AvgIpc) is 3.13. The number of carbonyl (C=O) groups excluding carboxylic acids is 1. The van der Waals surface area contributed by atoms with Gasteiger partial charge in [0.1, 0.15) is 5.82 Å². The topological polar surface area (TPSA) is 70.1 Å². The summed E-state index contributed by atoms with van der Waals surface area (Å²) >= 11 is 6.01. The van der Waals surface area contributed by atoms with Crippen LogP contribution in [0.25, 0.3) is 11.0 Å². The molecule has 26 heavy (non-hydrogen) atoms. The molecule has 0 radical (unpaired) electrons. The molecule has 136 valence electrons. The predicted molar refractivity (Wildman–Crippen MR) is 100 cm³/mol. The van der Waals surface area contributed by atoms with E-state index in [1.54, 1.807) is 18.0 Å². The van der Waals surface area contributed by atoms with Crippen LogP contribution in [-0.2, 0) is 19.6 Å². The number of aryl methyl sites for hydroxylation is 1. The van der Waals surface area contributed by atoms with Gasteiger partial charge in [0.05, 0.1) is 23.3 Å². The van der Waals surface area contributed by atoms with E-state index in [2.05, 4.69) is 27.0 Å². The van der Waals surface area contributed by atoms with Crippen LogP contribution >= 0.6 is 11.6 Å². The first-order valence-electron chi connectivity index (χ1n) is 8.64. The lowest BCUT2D eigenvalue weighted by Gasteiger charge is -2.14. The van der Waals surface area contributed by atoms with Gasteiger partial charge in [-0.3, -0.25) is 9.48 Å². The van der Waals surface area contributed by atoms with E-state index in [4.69, 9.17) is 11.6 Å². The first kappa shape index (κ1) is 17.1. The van der Waals surface area contributed by atoms with Crippen molar-refractivity contribution < 1.29 is 4.79 Å². The van der Waals surface area contributed by atoms with Crippen LogP contribution in [0.1, 0.15) is 28.4 Å². The van der Waals surface area contributed by atoms with Crippen molar-refractivity contribution in [2.24, 2.45) is 0 Å². The zero-order chi connectivity index (χ0) is 18.3. The quantitative estimate of drug-likeness (QED) is 0.767. The second-order valence-electron chi connectivity index (χ2n) is 6.84. The zero-order valence-electron chi connectivity index (χ0n) is 14.9. The number of carbonyl (C=O) groups is 1. The van der Waals surface area contributed by atoms with Crippen LogP contribution in [0.5, 0.6) is 0 Å². The number of aromatic amines is 1. The number of nitrogens with zero attached hydrogens (tertiary/aromatic N) is 5. The van der Waals surface area contributed by atoms with Gasteiger partial charge in [0.2, 0.25) is 0 Å². The Labute approximate surface area is 156 Å². The number of hydrogen-bond acceptors (Lipinski definition) is 4. The van der Waals surface area contributed by atoms with Crippen molar-refractivity contribution in [1.82, 2.24) is 29.5 Å². The smallest absolute Gasteiger partial charge is 0.274 e. The number of imidazole rings is 1. The third kappa shape index (κ3) is 3.32. The molecule has 1 N–H and O–H groups in total. The fourth-order valence-electron chi connectivity index (χ4n) is 3.33. The number of H-pyrrole nitrogens is 1. The van der Waals surface area contributed by atoms with Crippen LogP contribution in [0.3, 0.4) is 0 Å². The first-order valence-corrected chi connectivity index (χ1v) is 9.02. The Morgan fingerprint density at radius 1 is 1.35 bits per heavy atom. The van der Waals surface area contributed by atoms with Crippen molar-refractivity contribution in [3.05, 3.63) is 46.5 Å². The van der Waals surface area contributed by atoms with E-state index in [-0.39, 0.29) is 5.91 Å². The molecule has 0 spiro atoms. The zero-order valence-corrected chi connectivity index (χ0v) is 15.6. The summed E-state index contributed by atoms with van der Waals surface area (Å²) in [4.78, 5) is 24.4. The highest BCUT2D eigenvalue weighted by atomic mass is 35.5. The lowest BCUT2D eigenvalue weighted by Crippen LogP contribution is -2.27. The molecule has 3 aromatic rings. The summed E-state index contributed by atoms with van der Waals surface area (Å²) < 4.78 is 1.95. The molecule has 4 rings (SSSR count). The number of benzene rings is 1. The largest absolute Gasteiger partial charge is 0.340 e. The van der Waals surface area contributed by atoms with Gasteiger partial charge in [0, 0.05) is 31.7 Å². The SMILES string of the molecule is CN1CCCn2nc(C(=O)N(C)Cc3nc4ccc(Cl)cc4[nH]3)cc2C1. The summed E-state index contributed by atoms with van der Waals surface area (Å²) in [5.41, 5.74) is 3.27. The van der Waals surface area contributed by atoms with Crippen LogP contribution in [0.4, 0.5) is 0 Å². The number of aromatic nitrogens is 4. The molecule has 0 saturated carbocycles. The van der Waals surface area contributed by atoms with Crippen LogP contribution in [-0.4, -0.2) is 56.1 Å². The Morgan fingerprint density at radius 2 is 2.19 bits per heavy atom. The molecule has 1 aromatic carbocycles. The van der Waals surface area contributed by atoms with Crippen molar-refractivity contribution in [3.8, 4) is 0 Å². The number of rotatable bonds is 3. The minimum atomic E-state index is -0.105. The number of amides is 1. The van der Waals surface area contributed by atoms with Crippen LogP contribution < -0.4 is 0 Å². The molecular formula is C18H21ClN6O. The van der Waals surface area contributed by atoms with Gasteiger partial charge in [0.25, 0.3) is 5.91 Å². The van der Waals surface area contributed by atoms with E-state index >= 15 is 0 Å². The molecule has 0 fully saturated rings. The van der Waals surface area contributed by atoms with Crippen LogP contribution in [0, 0.1) is 0 Å². The van der Waals surface area contributed by atoms with E-state index in [0.29, 0.717) is 17.3 Å². The maximum Gasteiger partial charge on any atom is 0.274 e. The van der Waals surface area contributed by atoms with Gasteiger partial charge in [-0.15, -0.1) is 0 Å². The standard InChI is InChI=1S/C18H21ClN6O/c1-23-6-3-7-25-13(10-23)9-16(22-25)18(26)24(2)11-17-20-14-5-4-12(19)8-15(14)21-17/h4-5,8-9H,3,6-7,10-11H2,1-2H3,(H,20,21). The third-order valence-corrected chi connectivity index (χ3v) is 4.89. The molecular weight excluding hydrogens is 352 g/mol. The monoisotopic (exact) mass is 372 g/mol. The van der Waals surface area contributed by atoms with E-state index in [9.17, 15) is 4.79 Å². The van der Waals surface area contributed by atoms with Gasteiger partial charge in [-0.25, -0.2) is 4.98 Å². The maximum atomic E-state index is 12.8. The second kappa shape index (κ2) is 6.74. The van der Waals surface area contributed by atoms with E-state index in [0.717, 1.165) is 48.6 Å². The number of nitrogens with one attached hydrogen (secondary N) is 1. The molecule has 0 unspecified atom stereocenters. The molecule has 0 bridgehead atoms. The fourth-order valence-corrected chi connectivity index (χ4v) is 3.50. The molecule has 1 amide bonds. The highest BCUT2D eigenvalue weighted by Gasteiger charge is 2.21. The maximum absolute atomic E-state index is 12.8. The third-order valence-electron chi connectivity index (χ3n) is 4.65. The van der Waals surface area contributed by atoms with Gasteiger partial charge in [0.15, 0.2) is 5.69 Å². The minimum absolute atomic E-state index is 0.105. The fraction of sp³-hybridized carbons (Fsp3) is 0.389. The minimum Gasteiger partial charge on any atom is -0.340 e. The summed E-state index contributed by atoms with van der Waals surface area (Å²) in [6.07, 6.45) is 1.04. The molecule has 0 saturated heterocycles. The first-order chi connectivity index (χ1) is 12.5. The van der Waals surface area contributed by atoms with Crippen molar-refractivity contribution in [3.63, 3.8) is 0 Å². The number of fused-ring (bicyclic) bond motifs is 2. The molecule has 7 nitrogen and oxygen atoms in total. The Balaban J connectivity index is 1.51. The summed E-state index contributed by atoms with van der Waals surface area (Å²) in [7, 11) is 3.85. The van der Waals surface area contributed by atoms with E-state index in [1.807, 2.05) is 22.9 Å².